The summed E-state index contributed by atoms with van der Waals surface area (Å²) < 4.78 is 10.3. The summed E-state index contributed by atoms with van der Waals surface area (Å²) >= 11 is 0. The zero-order valence-electron chi connectivity index (χ0n) is 10.1. The number of carbonyl (C=O) groups excluding carboxylic acids is 2. The first-order valence-electron chi connectivity index (χ1n) is 5.40. The normalized spacial score (nSPS) is 15.9. The second-order valence-electron chi connectivity index (χ2n) is 3.76. The van der Waals surface area contributed by atoms with Gasteiger partial charge in [0.2, 0.25) is 0 Å². The molecule has 1 heterocycles. The SMILES string of the molecule is COc1cc2c(cc1OC)/C(=C/C=O)CNC2=O. The van der Waals surface area contributed by atoms with Crippen molar-refractivity contribution in [3.8, 4) is 11.5 Å². The van der Waals surface area contributed by atoms with Gasteiger partial charge in [-0.2, -0.15) is 0 Å². The monoisotopic (exact) mass is 247 g/mol. The molecule has 1 aliphatic heterocycles. The Labute approximate surface area is 104 Å². The second kappa shape index (κ2) is 4.91. The van der Waals surface area contributed by atoms with Crippen molar-refractivity contribution in [2.24, 2.45) is 0 Å². The van der Waals surface area contributed by atoms with E-state index in [1.54, 1.807) is 12.1 Å². The molecule has 0 spiro atoms. The molecule has 1 aromatic rings. The van der Waals surface area contributed by atoms with Crippen molar-refractivity contribution in [1.29, 1.82) is 0 Å². The number of rotatable bonds is 3. The molecule has 1 N–H and O–H groups in total. The molecular weight excluding hydrogens is 234 g/mol. The Morgan fingerprint density at radius 2 is 1.78 bits per heavy atom. The quantitative estimate of drug-likeness (QED) is 0.640. The topological polar surface area (TPSA) is 64.6 Å². The van der Waals surface area contributed by atoms with Crippen LogP contribution in [0.4, 0.5) is 0 Å². The van der Waals surface area contributed by atoms with Gasteiger partial charge >= 0.3 is 0 Å². The molecule has 0 saturated carbocycles. The predicted octanol–water partition coefficient (Wildman–Crippen LogP) is 1.03. The zero-order valence-corrected chi connectivity index (χ0v) is 10.1. The third kappa shape index (κ3) is 1.95. The standard InChI is InChI=1S/C13H13NO4/c1-17-11-5-9-8(3-4-15)7-14-13(16)10(9)6-12(11)18-2/h3-6H,7H2,1-2H3,(H,14,16)/b8-3+. The van der Waals surface area contributed by atoms with Gasteiger partial charge in [-0.05, 0) is 29.3 Å². The summed E-state index contributed by atoms with van der Waals surface area (Å²) in [6.07, 6.45) is 2.14. The van der Waals surface area contributed by atoms with Crippen LogP contribution in [0.15, 0.2) is 18.2 Å². The van der Waals surface area contributed by atoms with Gasteiger partial charge in [0.1, 0.15) is 6.29 Å². The molecule has 5 nitrogen and oxygen atoms in total. The smallest absolute Gasteiger partial charge is 0.252 e. The molecule has 1 aliphatic rings. The molecule has 1 aromatic carbocycles. The summed E-state index contributed by atoms with van der Waals surface area (Å²) in [5.41, 5.74) is 1.93. The van der Waals surface area contributed by atoms with E-state index in [9.17, 15) is 9.59 Å². The lowest BCUT2D eigenvalue weighted by atomic mass is 9.94. The van der Waals surface area contributed by atoms with Crippen LogP contribution >= 0.6 is 0 Å². The third-order valence-corrected chi connectivity index (χ3v) is 2.82. The first kappa shape index (κ1) is 12.2. The molecule has 1 amide bonds. The number of amides is 1. The first-order chi connectivity index (χ1) is 8.71. The number of aldehydes is 1. The average molecular weight is 247 g/mol. The lowest BCUT2D eigenvalue weighted by Crippen LogP contribution is -2.31. The number of hydrogen-bond acceptors (Lipinski definition) is 4. The van der Waals surface area contributed by atoms with Gasteiger partial charge in [0.05, 0.1) is 19.8 Å². The highest BCUT2D eigenvalue weighted by Crippen LogP contribution is 2.34. The summed E-state index contributed by atoms with van der Waals surface area (Å²) in [7, 11) is 3.03. The molecule has 94 valence electrons. The zero-order chi connectivity index (χ0) is 13.1. The molecule has 0 atom stereocenters. The lowest BCUT2D eigenvalue weighted by Gasteiger charge is -2.21. The summed E-state index contributed by atoms with van der Waals surface area (Å²) in [4.78, 5) is 22.4. The van der Waals surface area contributed by atoms with E-state index in [4.69, 9.17) is 9.47 Å². The Kier molecular flexibility index (Phi) is 3.32. The van der Waals surface area contributed by atoms with Crippen LogP contribution in [-0.2, 0) is 4.79 Å². The number of allylic oxidation sites excluding steroid dienone is 1. The Morgan fingerprint density at radius 3 is 2.33 bits per heavy atom. The van der Waals surface area contributed by atoms with Crippen molar-refractivity contribution in [2.75, 3.05) is 20.8 Å². The molecule has 0 aliphatic carbocycles. The van der Waals surface area contributed by atoms with E-state index in [0.717, 1.165) is 5.57 Å². The number of ether oxygens (including phenoxy) is 2. The van der Waals surface area contributed by atoms with Gasteiger partial charge in [0, 0.05) is 6.54 Å². The molecule has 2 rings (SSSR count). The molecule has 0 saturated heterocycles. The fourth-order valence-corrected chi connectivity index (χ4v) is 1.93. The van der Waals surface area contributed by atoms with Crippen molar-refractivity contribution in [2.45, 2.75) is 0 Å². The second-order valence-corrected chi connectivity index (χ2v) is 3.76. The van der Waals surface area contributed by atoms with Crippen molar-refractivity contribution < 1.29 is 19.1 Å². The van der Waals surface area contributed by atoms with E-state index in [2.05, 4.69) is 5.32 Å². The van der Waals surface area contributed by atoms with Gasteiger partial charge in [-0.1, -0.05) is 0 Å². The van der Waals surface area contributed by atoms with Crippen molar-refractivity contribution in [3.63, 3.8) is 0 Å². The van der Waals surface area contributed by atoms with Crippen LogP contribution in [0.5, 0.6) is 11.5 Å². The average Bonchev–Trinajstić information content (AvgIpc) is 2.41. The van der Waals surface area contributed by atoms with Crippen LogP contribution in [0.1, 0.15) is 15.9 Å². The minimum Gasteiger partial charge on any atom is -0.493 e. The Morgan fingerprint density at radius 1 is 1.17 bits per heavy atom. The van der Waals surface area contributed by atoms with Gasteiger partial charge in [-0.15, -0.1) is 0 Å². The van der Waals surface area contributed by atoms with E-state index in [0.29, 0.717) is 35.5 Å². The van der Waals surface area contributed by atoms with Gasteiger partial charge in [0.25, 0.3) is 5.91 Å². The maximum Gasteiger partial charge on any atom is 0.252 e. The van der Waals surface area contributed by atoms with Crippen LogP contribution in [0, 0.1) is 0 Å². The Hall–Kier alpha value is -2.30. The molecule has 0 radical (unpaired) electrons. The van der Waals surface area contributed by atoms with Crippen LogP contribution in [0.25, 0.3) is 5.57 Å². The minimum absolute atomic E-state index is 0.186. The number of nitrogens with one attached hydrogen (secondary N) is 1. The maximum absolute atomic E-state index is 11.8. The molecule has 18 heavy (non-hydrogen) atoms. The van der Waals surface area contributed by atoms with E-state index in [1.165, 1.54) is 20.3 Å². The predicted molar refractivity (Wildman–Crippen MR) is 65.9 cm³/mol. The van der Waals surface area contributed by atoms with Crippen molar-refractivity contribution in [3.05, 3.63) is 29.3 Å². The molecule has 0 fully saturated rings. The molecule has 5 heteroatoms. The van der Waals surface area contributed by atoms with E-state index >= 15 is 0 Å². The highest BCUT2D eigenvalue weighted by atomic mass is 16.5. The summed E-state index contributed by atoms with van der Waals surface area (Å²) in [6, 6.07) is 3.32. The van der Waals surface area contributed by atoms with Crippen LogP contribution in [0.2, 0.25) is 0 Å². The number of benzene rings is 1. The fraction of sp³-hybridized carbons (Fsp3) is 0.231. The van der Waals surface area contributed by atoms with E-state index < -0.39 is 0 Å². The van der Waals surface area contributed by atoms with Crippen LogP contribution in [0.3, 0.4) is 0 Å². The molecule has 0 bridgehead atoms. The summed E-state index contributed by atoms with van der Waals surface area (Å²) in [5.74, 6) is 0.829. The van der Waals surface area contributed by atoms with Gasteiger partial charge in [-0.25, -0.2) is 0 Å². The third-order valence-electron chi connectivity index (χ3n) is 2.82. The summed E-state index contributed by atoms with van der Waals surface area (Å²) in [5, 5.41) is 2.70. The molecular formula is C13H13NO4. The number of fused-ring (bicyclic) bond motifs is 1. The molecule has 0 aromatic heterocycles. The fourth-order valence-electron chi connectivity index (χ4n) is 1.93. The van der Waals surface area contributed by atoms with Gasteiger partial charge < -0.3 is 14.8 Å². The number of methoxy groups -OCH3 is 2. The van der Waals surface area contributed by atoms with Crippen LogP contribution in [-0.4, -0.2) is 33.0 Å². The van der Waals surface area contributed by atoms with Crippen LogP contribution < -0.4 is 14.8 Å². The maximum atomic E-state index is 11.8. The van der Waals surface area contributed by atoms with Crippen molar-refractivity contribution in [1.82, 2.24) is 5.32 Å². The van der Waals surface area contributed by atoms with E-state index in [1.807, 2.05) is 0 Å². The lowest BCUT2D eigenvalue weighted by molar-refractivity contribution is -0.104. The Bertz CT molecular complexity index is 534. The first-order valence-corrected chi connectivity index (χ1v) is 5.40. The van der Waals surface area contributed by atoms with Gasteiger partial charge in [-0.3, -0.25) is 9.59 Å². The number of carbonyl (C=O) groups is 2. The highest BCUT2D eigenvalue weighted by Gasteiger charge is 2.23. The number of hydrogen-bond donors (Lipinski definition) is 1. The molecule has 0 unspecified atom stereocenters. The largest absolute Gasteiger partial charge is 0.493 e. The summed E-state index contributed by atoms with van der Waals surface area (Å²) in [6.45, 7) is 0.333. The van der Waals surface area contributed by atoms with Gasteiger partial charge in [0.15, 0.2) is 11.5 Å². The van der Waals surface area contributed by atoms with Crippen molar-refractivity contribution >= 4 is 17.8 Å². The minimum atomic E-state index is -0.186. The van der Waals surface area contributed by atoms with E-state index in [-0.39, 0.29) is 5.91 Å². The highest BCUT2D eigenvalue weighted by molar-refractivity contribution is 6.05. The Balaban J connectivity index is 2.64.